The highest BCUT2D eigenvalue weighted by Gasteiger charge is 2.28. The van der Waals surface area contributed by atoms with Crippen molar-refractivity contribution in [3.8, 4) is 0 Å². The number of carbonyl (C=O) groups excluding carboxylic acids is 4. The predicted molar refractivity (Wildman–Crippen MR) is 150 cm³/mol. The molecule has 4 amide bonds. The van der Waals surface area contributed by atoms with Crippen molar-refractivity contribution in [2.24, 2.45) is 16.5 Å². The summed E-state index contributed by atoms with van der Waals surface area (Å²) in [6.45, 7) is -0.303. The lowest BCUT2D eigenvalue weighted by Gasteiger charge is -2.24. The van der Waals surface area contributed by atoms with Gasteiger partial charge in [-0.1, -0.05) is 42.5 Å². The van der Waals surface area contributed by atoms with Gasteiger partial charge in [-0.25, -0.2) is 0 Å². The second-order valence-electron chi connectivity index (χ2n) is 9.35. The monoisotopic (exact) mass is 566 g/mol. The van der Waals surface area contributed by atoms with Gasteiger partial charge in [-0.2, -0.15) is 0 Å². The van der Waals surface area contributed by atoms with Gasteiger partial charge in [-0.05, 0) is 36.1 Å². The Balaban J connectivity index is 1.94. The maximum atomic E-state index is 13.6. The molecule has 0 saturated heterocycles. The van der Waals surface area contributed by atoms with E-state index in [0.29, 0.717) is 23.2 Å². The lowest BCUT2D eigenvalue weighted by Crippen LogP contribution is -2.53. The van der Waals surface area contributed by atoms with E-state index in [1.807, 2.05) is 6.07 Å². The number of carbonyl (C=O) groups is 5. The van der Waals surface area contributed by atoms with Crippen LogP contribution in [-0.4, -0.2) is 65.8 Å². The van der Waals surface area contributed by atoms with Crippen LogP contribution in [0.4, 0.5) is 5.69 Å². The predicted octanol–water partition coefficient (Wildman–Crippen LogP) is -0.916. The zero-order valence-corrected chi connectivity index (χ0v) is 22.3. The van der Waals surface area contributed by atoms with Gasteiger partial charge in [0.2, 0.25) is 23.6 Å². The number of carboxylic acids is 1. The zero-order valence-electron chi connectivity index (χ0n) is 22.3. The van der Waals surface area contributed by atoms with Crippen LogP contribution in [0.15, 0.2) is 59.6 Å². The Bertz CT molecular complexity index is 1280. The normalized spacial score (nSPS) is 20.2. The maximum absolute atomic E-state index is 13.6. The third-order valence-electron chi connectivity index (χ3n) is 6.13. The van der Waals surface area contributed by atoms with Crippen LogP contribution in [0, 0.1) is 0 Å². The van der Waals surface area contributed by atoms with Gasteiger partial charge in [0, 0.05) is 18.8 Å². The second-order valence-corrected chi connectivity index (χ2v) is 9.35. The number of benzene rings is 2. The van der Waals surface area contributed by atoms with Crippen molar-refractivity contribution in [1.82, 2.24) is 21.3 Å². The summed E-state index contributed by atoms with van der Waals surface area (Å²) < 4.78 is 0. The van der Waals surface area contributed by atoms with Gasteiger partial charge < -0.3 is 43.2 Å². The Morgan fingerprint density at radius 2 is 1.56 bits per heavy atom. The molecule has 0 radical (unpaired) electrons. The molecule has 0 spiro atoms. The molecule has 3 rings (SSSR count). The summed E-state index contributed by atoms with van der Waals surface area (Å²) in [5, 5.41) is 22.6. The van der Waals surface area contributed by atoms with Crippen molar-refractivity contribution in [2.45, 2.75) is 43.9 Å². The first kappa shape index (κ1) is 30.4. The Labute approximate surface area is 236 Å². The molecule has 0 saturated carbocycles. The number of amides is 4. The molecule has 2 aromatic rings. The quantitative estimate of drug-likeness (QED) is 0.118. The molecule has 218 valence electrons. The number of rotatable bonds is 7. The van der Waals surface area contributed by atoms with E-state index in [1.165, 1.54) is 0 Å². The number of hydrogen-bond acceptors (Lipinski definition) is 7. The van der Waals surface area contributed by atoms with Crippen molar-refractivity contribution in [1.29, 1.82) is 0 Å². The molecule has 1 aliphatic heterocycles. The highest BCUT2D eigenvalue weighted by Crippen LogP contribution is 2.21. The number of nitrogens with one attached hydrogen (secondary N) is 5. The van der Waals surface area contributed by atoms with Crippen molar-refractivity contribution in [3.05, 3.63) is 65.7 Å². The number of nitrogens with zero attached hydrogens (tertiary/aromatic N) is 1. The van der Waals surface area contributed by atoms with Crippen molar-refractivity contribution in [2.75, 3.05) is 18.4 Å². The fraction of sp³-hybridized carbons (Fsp3) is 0.333. The van der Waals surface area contributed by atoms with E-state index in [0.717, 1.165) is 0 Å². The van der Waals surface area contributed by atoms with Crippen molar-refractivity contribution >= 4 is 41.2 Å². The summed E-state index contributed by atoms with van der Waals surface area (Å²) >= 11 is 0. The number of nitrogens with two attached hydrogens (primary N) is 2. The summed E-state index contributed by atoms with van der Waals surface area (Å²) in [5.74, 6) is -4.03. The Morgan fingerprint density at radius 3 is 2.27 bits per heavy atom. The SMILES string of the molecule is NC(N)=NCCC[C@@H]1NC(=O)[C@H](c2ccccc2)Nc2cccc(c2)CNC(=O)[C@H](CC(=O)O)NC(=O)CNC1=O. The smallest absolute Gasteiger partial charge is 0.305 e. The molecule has 10 N–H and O–H groups in total. The minimum atomic E-state index is -1.37. The molecule has 14 nitrogen and oxygen atoms in total. The number of carboxylic acid groups (broad SMARTS) is 1. The van der Waals surface area contributed by atoms with Crippen molar-refractivity contribution in [3.63, 3.8) is 0 Å². The van der Waals surface area contributed by atoms with Crippen LogP contribution in [-0.2, 0) is 30.5 Å². The van der Waals surface area contributed by atoms with E-state index >= 15 is 0 Å². The third-order valence-corrected chi connectivity index (χ3v) is 6.13. The molecule has 2 bridgehead atoms. The van der Waals surface area contributed by atoms with Gasteiger partial charge in [-0.3, -0.25) is 29.0 Å². The lowest BCUT2D eigenvalue weighted by atomic mass is 10.0. The van der Waals surface area contributed by atoms with Gasteiger partial charge in [0.15, 0.2) is 5.96 Å². The van der Waals surface area contributed by atoms with Crippen LogP contribution in [0.1, 0.15) is 36.4 Å². The average Bonchev–Trinajstić information content (AvgIpc) is 2.94. The number of guanidine groups is 1. The molecular formula is C27H34N8O6. The van der Waals surface area contributed by atoms with E-state index in [9.17, 15) is 29.1 Å². The van der Waals surface area contributed by atoms with Crippen LogP contribution in [0.25, 0.3) is 0 Å². The molecule has 41 heavy (non-hydrogen) atoms. The fourth-order valence-corrected chi connectivity index (χ4v) is 4.14. The van der Waals surface area contributed by atoms with E-state index in [2.05, 4.69) is 31.6 Å². The Morgan fingerprint density at radius 1 is 0.854 bits per heavy atom. The molecule has 0 aliphatic carbocycles. The number of aliphatic carboxylic acids is 1. The van der Waals surface area contributed by atoms with E-state index in [-0.39, 0.29) is 25.5 Å². The second kappa shape index (κ2) is 14.9. The van der Waals surface area contributed by atoms with E-state index in [4.69, 9.17) is 11.5 Å². The first-order valence-electron chi connectivity index (χ1n) is 12.9. The first-order chi connectivity index (χ1) is 19.6. The largest absolute Gasteiger partial charge is 0.481 e. The molecule has 3 atom stereocenters. The fourth-order valence-electron chi connectivity index (χ4n) is 4.14. The molecular weight excluding hydrogens is 532 g/mol. The summed E-state index contributed by atoms with van der Waals surface area (Å²) in [7, 11) is 0. The van der Waals surface area contributed by atoms with Gasteiger partial charge in [0.05, 0.1) is 13.0 Å². The standard InChI is InChI=1S/C27H34N8O6/c28-27(29)30-11-5-10-19-24(39)32-15-21(36)34-20(13-22(37)38)25(40)31-14-16-6-4-9-18(12-16)33-23(26(41)35-19)17-7-2-1-3-8-17/h1-4,6-9,12,19-20,23,33H,5,10-11,13-15H2,(H,31,40)(H,32,39)(H,34,36)(H,35,41)(H,37,38)(H4,28,29,30)/t19-,20-,23-/m0/s1. The minimum absolute atomic E-state index is 0.0388. The molecule has 2 aromatic carbocycles. The van der Waals surface area contributed by atoms with E-state index < -0.39 is 60.7 Å². The third kappa shape index (κ3) is 9.84. The van der Waals surface area contributed by atoms with Crippen LogP contribution < -0.4 is 38.1 Å². The number of fused-ring (bicyclic) bond motifs is 2. The number of aliphatic imine (C=N–C) groups is 1. The topological polar surface area (TPSA) is 230 Å². The van der Waals surface area contributed by atoms with E-state index in [1.54, 1.807) is 48.5 Å². The Hall–Kier alpha value is -5.14. The van der Waals surface area contributed by atoms with Crippen LogP contribution >= 0.6 is 0 Å². The zero-order chi connectivity index (χ0) is 29.8. The van der Waals surface area contributed by atoms with Gasteiger partial charge >= 0.3 is 5.97 Å². The lowest BCUT2D eigenvalue weighted by molar-refractivity contribution is -0.140. The molecule has 0 aromatic heterocycles. The molecule has 1 aliphatic rings. The first-order valence-corrected chi connectivity index (χ1v) is 12.9. The summed E-state index contributed by atoms with van der Waals surface area (Å²) in [5.41, 5.74) is 12.6. The van der Waals surface area contributed by atoms with Gasteiger partial charge in [0.25, 0.3) is 0 Å². The summed E-state index contributed by atoms with van der Waals surface area (Å²) in [4.78, 5) is 67.2. The average molecular weight is 567 g/mol. The molecule has 0 unspecified atom stereocenters. The maximum Gasteiger partial charge on any atom is 0.305 e. The molecule has 1 heterocycles. The van der Waals surface area contributed by atoms with Crippen LogP contribution in [0.2, 0.25) is 0 Å². The number of hydrogen-bond donors (Lipinski definition) is 8. The number of anilines is 1. The summed E-state index contributed by atoms with van der Waals surface area (Å²) in [6, 6.07) is 12.5. The van der Waals surface area contributed by atoms with Crippen molar-refractivity contribution < 1.29 is 29.1 Å². The van der Waals surface area contributed by atoms with Crippen LogP contribution in [0.3, 0.4) is 0 Å². The van der Waals surface area contributed by atoms with Gasteiger partial charge in [-0.15, -0.1) is 0 Å². The molecule has 0 fully saturated rings. The highest BCUT2D eigenvalue weighted by atomic mass is 16.4. The Kier molecular flexibility index (Phi) is 11.0. The minimum Gasteiger partial charge on any atom is -0.481 e. The summed E-state index contributed by atoms with van der Waals surface area (Å²) in [6.07, 6.45) is -0.166. The molecule has 14 heteroatoms. The van der Waals surface area contributed by atoms with Crippen LogP contribution in [0.5, 0.6) is 0 Å². The highest BCUT2D eigenvalue weighted by molar-refractivity contribution is 5.95. The van der Waals surface area contributed by atoms with Gasteiger partial charge in [0.1, 0.15) is 18.1 Å².